The van der Waals surface area contributed by atoms with E-state index in [1.807, 2.05) is 30.5 Å². The summed E-state index contributed by atoms with van der Waals surface area (Å²) in [5.74, 6) is 0.296. The van der Waals surface area contributed by atoms with Crippen molar-refractivity contribution in [1.29, 1.82) is 0 Å². The molecule has 4 heterocycles. The molecule has 0 amide bonds. The number of benzene rings is 2. The van der Waals surface area contributed by atoms with E-state index in [2.05, 4.69) is 37.6 Å². The summed E-state index contributed by atoms with van der Waals surface area (Å²) in [7, 11) is 0. The molecular formula is C25H22FN5. The maximum absolute atomic E-state index is 13.8. The molecule has 1 aliphatic heterocycles. The fraction of sp³-hybridized carbons (Fsp3) is 0.200. The SMILES string of the molecule is Fc1cccc(-c2cccc3[nH]c(-c4[nH]nc5ncc(C6CCNCC6)cc45)cc23)c1. The largest absolute Gasteiger partial charge is 0.353 e. The van der Waals surface area contributed by atoms with Crippen LogP contribution in [0.25, 0.3) is 44.5 Å². The molecule has 0 radical (unpaired) electrons. The normalized spacial score (nSPS) is 15.1. The average molecular weight is 411 g/mol. The van der Waals surface area contributed by atoms with E-state index in [1.165, 1.54) is 11.6 Å². The highest BCUT2D eigenvalue weighted by Crippen LogP contribution is 2.35. The van der Waals surface area contributed by atoms with Crippen molar-refractivity contribution in [1.82, 2.24) is 25.5 Å². The lowest BCUT2D eigenvalue weighted by Gasteiger charge is -2.22. The second kappa shape index (κ2) is 7.32. The van der Waals surface area contributed by atoms with Gasteiger partial charge in [0.15, 0.2) is 5.65 Å². The summed E-state index contributed by atoms with van der Waals surface area (Å²) < 4.78 is 13.8. The molecule has 0 unspecified atom stereocenters. The minimum Gasteiger partial charge on any atom is -0.353 e. The Morgan fingerprint density at radius 1 is 0.935 bits per heavy atom. The van der Waals surface area contributed by atoms with Gasteiger partial charge in [-0.2, -0.15) is 5.10 Å². The molecule has 6 rings (SSSR count). The molecule has 2 aromatic carbocycles. The van der Waals surface area contributed by atoms with Crippen molar-refractivity contribution in [3.8, 4) is 22.5 Å². The molecule has 1 aliphatic rings. The van der Waals surface area contributed by atoms with Gasteiger partial charge in [0.25, 0.3) is 0 Å². The van der Waals surface area contributed by atoms with Gasteiger partial charge in [0.05, 0.1) is 11.4 Å². The molecule has 6 heteroatoms. The van der Waals surface area contributed by atoms with E-state index in [-0.39, 0.29) is 5.82 Å². The Bertz CT molecular complexity index is 1390. The third kappa shape index (κ3) is 3.20. The number of aromatic amines is 2. The second-order valence-corrected chi connectivity index (χ2v) is 8.22. The van der Waals surface area contributed by atoms with Crippen LogP contribution >= 0.6 is 0 Å². The Kier molecular flexibility index (Phi) is 4.32. The number of rotatable bonds is 3. The summed E-state index contributed by atoms with van der Waals surface area (Å²) in [6, 6.07) is 17.1. The van der Waals surface area contributed by atoms with Gasteiger partial charge in [-0.15, -0.1) is 0 Å². The first kappa shape index (κ1) is 18.3. The van der Waals surface area contributed by atoms with Crippen molar-refractivity contribution < 1.29 is 4.39 Å². The first-order chi connectivity index (χ1) is 15.3. The summed E-state index contributed by atoms with van der Waals surface area (Å²) in [5.41, 5.74) is 6.73. The summed E-state index contributed by atoms with van der Waals surface area (Å²) in [6.07, 6.45) is 4.23. The van der Waals surface area contributed by atoms with Crippen LogP contribution in [-0.2, 0) is 0 Å². The molecule has 3 aromatic heterocycles. The fourth-order valence-electron chi connectivity index (χ4n) is 4.70. The van der Waals surface area contributed by atoms with Gasteiger partial charge >= 0.3 is 0 Å². The zero-order valence-electron chi connectivity index (χ0n) is 17.0. The molecule has 0 saturated carbocycles. The molecule has 31 heavy (non-hydrogen) atoms. The van der Waals surface area contributed by atoms with Crippen molar-refractivity contribution in [2.45, 2.75) is 18.8 Å². The van der Waals surface area contributed by atoms with E-state index in [9.17, 15) is 4.39 Å². The molecular weight excluding hydrogens is 389 g/mol. The van der Waals surface area contributed by atoms with E-state index < -0.39 is 0 Å². The monoisotopic (exact) mass is 411 g/mol. The third-order valence-electron chi connectivity index (χ3n) is 6.31. The number of halogens is 1. The Morgan fingerprint density at radius 3 is 2.68 bits per heavy atom. The lowest BCUT2D eigenvalue weighted by Crippen LogP contribution is -2.26. The van der Waals surface area contributed by atoms with Gasteiger partial charge in [0, 0.05) is 22.5 Å². The topological polar surface area (TPSA) is 69.4 Å². The second-order valence-electron chi connectivity index (χ2n) is 8.22. The van der Waals surface area contributed by atoms with Gasteiger partial charge in [-0.25, -0.2) is 9.37 Å². The number of aromatic nitrogens is 4. The van der Waals surface area contributed by atoms with Crippen LogP contribution < -0.4 is 5.32 Å². The van der Waals surface area contributed by atoms with Gasteiger partial charge in [-0.3, -0.25) is 5.10 Å². The number of H-pyrrole nitrogens is 2. The highest BCUT2D eigenvalue weighted by molar-refractivity contribution is 6.00. The van der Waals surface area contributed by atoms with Crippen LogP contribution in [0.15, 0.2) is 60.8 Å². The van der Waals surface area contributed by atoms with Crippen LogP contribution in [-0.4, -0.2) is 33.3 Å². The number of hydrogen-bond donors (Lipinski definition) is 3. The predicted molar refractivity (Wildman–Crippen MR) is 121 cm³/mol. The summed E-state index contributed by atoms with van der Waals surface area (Å²) in [6.45, 7) is 2.09. The maximum Gasteiger partial charge on any atom is 0.181 e. The smallest absolute Gasteiger partial charge is 0.181 e. The predicted octanol–water partition coefficient (Wildman–Crippen LogP) is 5.38. The van der Waals surface area contributed by atoms with E-state index in [4.69, 9.17) is 0 Å². The van der Waals surface area contributed by atoms with Gasteiger partial charge in [0.2, 0.25) is 0 Å². The number of nitrogens with zero attached hydrogens (tertiary/aromatic N) is 2. The zero-order chi connectivity index (χ0) is 20.8. The molecule has 3 N–H and O–H groups in total. The third-order valence-corrected chi connectivity index (χ3v) is 6.31. The minimum atomic E-state index is -0.235. The Labute approximate surface area is 178 Å². The van der Waals surface area contributed by atoms with Crippen LogP contribution in [0.4, 0.5) is 4.39 Å². The van der Waals surface area contributed by atoms with Crippen LogP contribution in [0.1, 0.15) is 24.3 Å². The van der Waals surface area contributed by atoms with E-state index in [0.29, 0.717) is 5.92 Å². The first-order valence-electron chi connectivity index (χ1n) is 10.7. The number of fused-ring (bicyclic) bond motifs is 2. The first-order valence-corrected chi connectivity index (χ1v) is 10.7. The molecule has 154 valence electrons. The van der Waals surface area contributed by atoms with E-state index >= 15 is 0 Å². The van der Waals surface area contributed by atoms with Crippen LogP contribution in [0.5, 0.6) is 0 Å². The molecule has 1 fully saturated rings. The summed E-state index contributed by atoms with van der Waals surface area (Å²) in [5, 5.41) is 13.1. The Morgan fingerprint density at radius 2 is 1.81 bits per heavy atom. The van der Waals surface area contributed by atoms with Crippen LogP contribution in [0, 0.1) is 5.82 Å². The van der Waals surface area contributed by atoms with Crippen molar-refractivity contribution in [2.75, 3.05) is 13.1 Å². The van der Waals surface area contributed by atoms with Crippen molar-refractivity contribution in [3.63, 3.8) is 0 Å². The van der Waals surface area contributed by atoms with Crippen molar-refractivity contribution in [2.24, 2.45) is 0 Å². The summed E-state index contributed by atoms with van der Waals surface area (Å²) in [4.78, 5) is 8.12. The van der Waals surface area contributed by atoms with Crippen LogP contribution in [0.2, 0.25) is 0 Å². The van der Waals surface area contributed by atoms with Gasteiger partial charge in [-0.05, 0) is 78.9 Å². The standard InChI is InChI=1S/C25H22FN5/c26-18-4-1-3-16(11-18)19-5-2-6-22-20(19)13-23(29-22)24-21-12-17(14-28-25(21)31-30-24)15-7-9-27-10-8-15/h1-6,11-15,27,29H,7-10H2,(H,28,30,31). The zero-order valence-corrected chi connectivity index (χ0v) is 17.0. The Balaban J connectivity index is 1.47. The van der Waals surface area contributed by atoms with Gasteiger partial charge < -0.3 is 10.3 Å². The number of piperidine rings is 1. The van der Waals surface area contributed by atoms with Gasteiger partial charge in [0.1, 0.15) is 5.82 Å². The molecule has 5 nitrogen and oxygen atoms in total. The van der Waals surface area contributed by atoms with Gasteiger partial charge in [-0.1, -0.05) is 24.3 Å². The lowest BCUT2D eigenvalue weighted by atomic mass is 9.91. The number of nitrogens with one attached hydrogen (secondary N) is 3. The average Bonchev–Trinajstić information content (AvgIpc) is 3.43. The maximum atomic E-state index is 13.8. The summed E-state index contributed by atoms with van der Waals surface area (Å²) >= 11 is 0. The Hall–Kier alpha value is -3.51. The quantitative estimate of drug-likeness (QED) is 0.373. The van der Waals surface area contributed by atoms with E-state index in [1.54, 1.807) is 12.1 Å². The molecule has 0 aliphatic carbocycles. The molecule has 5 aromatic rings. The fourth-order valence-corrected chi connectivity index (χ4v) is 4.70. The lowest BCUT2D eigenvalue weighted by molar-refractivity contribution is 0.460. The molecule has 0 atom stereocenters. The molecule has 1 saturated heterocycles. The number of hydrogen-bond acceptors (Lipinski definition) is 3. The van der Waals surface area contributed by atoms with Crippen molar-refractivity contribution >= 4 is 21.9 Å². The molecule has 0 spiro atoms. The highest BCUT2D eigenvalue weighted by atomic mass is 19.1. The number of pyridine rings is 1. The highest BCUT2D eigenvalue weighted by Gasteiger charge is 2.19. The van der Waals surface area contributed by atoms with E-state index in [0.717, 1.165) is 70.4 Å². The van der Waals surface area contributed by atoms with Crippen molar-refractivity contribution in [3.05, 3.63) is 72.2 Å². The molecule has 0 bridgehead atoms. The van der Waals surface area contributed by atoms with Crippen LogP contribution in [0.3, 0.4) is 0 Å². The minimum absolute atomic E-state index is 0.235.